The first-order valence-electron chi connectivity index (χ1n) is 6.54. The van der Waals surface area contributed by atoms with Crippen LogP contribution in [0.4, 0.5) is 0 Å². The third-order valence-corrected chi connectivity index (χ3v) is 3.47. The fraction of sp³-hybridized carbons (Fsp3) is 0.786. The molecular weight excluding hydrogens is 248 g/mol. The van der Waals surface area contributed by atoms with Gasteiger partial charge in [0.2, 0.25) is 0 Å². The Kier molecular flexibility index (Phi) is 2.91. The van der Waals surface area contributed by atoms with Crippen LogP contribution in [0.3, 0.4) is 0 Å². The van der Waals surface area contributed by atoms with Crippen LogP contribution in [0.25, 0.3) is 0 Å². The highest BCUT2D eigenvalue weighted by atomic mass is 16.9. The van der Waals surface area contributed by atoms with Crippen LogP contribution >= 0.6 is 0 Å². The first kappa shape index (κ1) is 13.3. The summed E-state index contributed by atoms with van der Waals surface area (Å²) in [4.78, 5) is 0. The lowest BCUT2D eigenvalue weighted by Crippen LogP contribution is -2.54. The standard InChI is InChI=1S/C14H20O5/c1-6-7-8-9-10(17-13(2,3)16-9)11-12(15-8)19-14(4,5)18-11/h7-12H,1H2,2-5H3/t8?,9-,10-,11?,12?/m1/s1. The minimum absolute atomic E-state index is 0.217. The smallest absolute Gasteiger partial charge is 0.190 e. The van der Waals surface area contributed by atoms with Crippen molar-refractivity contribution in [3.05, 3.63) is 18.4 Å². The van der Waals surface area contributed by atoms with E-state index in [1.54, 1.807) is 6.08 Å². The van der Waals surface area contributed by atoms with Crippen molar-refractivity contribution in [2.45, 2.75) is 70.0 Å². The van der Waals surface area contributed by atoms with Crippen LogP contribution < -0.4 is 0 Å². The molecule has 0 bridgehead atoms. The largest absolute Gasteiger partial charge is 0.342 e. The molecule has 3 heterocycles. The molecule has 5 heteroatoms. The molecule has 5 atom stereocenters. The van der Waals surface area contributed by atoms with Gasteiger partial charge in [0.25, 0.3) is 0 Å². The van der Waals surface area contributed by atoms with E-state index >= 15 is 0 Å². The molecule has 3 fully saturated rings. The third kappa shape index (κ3) is 2.27. The highest BCUT2D eigenvalue weighted by Gasteiger charge is 2.60. The minimum atomic E-state index is -0.678. The molecule has 0 saturated carbocycles. The fourth-order valence-electron chi connectivity index (χ4n) is 2.89. The summed E-state index contributed by atoms with van der Waals surface area (Å²) in [6.45, 7) is 11.1. The van der Waals surface area contributed by atoms with E-state index in [4.69, 9.17) is 23.7 Å². The molecule has 3 aliphatic rings. The van der Waals surface area contributed by atoms with Gasteiger partial charge in [0.1, 0.15) is 24.4 Å². The Bertz CT molecular complexity index is 424. The van der Waals surface area contributed by atoms with E-state index in [-0.39, 0.29) is 24.4 Å². The van der Waals surface area contributed by atoms with E-state index in [2.05, 4.69) is 12.3 Å². The molecule has 0 spiro atoms. The van der Waals surface area contributed by atoms with Crippen molar-refractivity contribution >= 4 is 0 Å². The van der Waals surface area contributed by atoms with Crippen LogP contribution in [0.2, 0.25) is 0 Å². The van der Waals surface area contributed by atoms with Crippen LogP contribution in [-0.4, -0.2) is 42.3 Å². The van der Waals surface area contributed by atoms with Gasteiger partial charge in [-0.25, -0.2) is 0 Å². The van der Waals surface area contributed by atoms with Gasteiger partial charge in [-0.3, -0.25) is 0 Å². The zero-order chi connectivity index (χ0) is 13.8. The molecule has 0 radical (unpaired) electrons. The van der Waals surface area contributed by atoms with Crippen molar-refractivity contribution in [2.75, 3.05) is 0 Å². The highest BCUT2D eigenvalue weighted by molar-refractivity contribution is 5.05. The second-order valence-corrected chi connectivity index (χ2v) is 6.00. The number of rotatable bonds is 1. The van der Waals surface area contributed by atoms with Crippen molar-refractivity contribution in [2.24, 2.45) is 0 Å². The normalized spacial score (nSPS) is 46.2. The van der Waals surface area contributed by atoms with Crippen molar-refractivity contribution in [1.29, 1.82) is 0 Å². The van der Waals surface area contributed by atoms with Crippen LogP contribution in [0, 0.1) is 0 Å². The Hall–Kier alpha value is -0.680. The fourth-order valence-corrected chi connectivity index (χ4v) is 2.89. The van der Waals surface area contributed by atoms with Crippen molar-refractivity contribution in [1.82, 2.24) is 0 Å². The maximum Gasteiger partial charge on any atom is 0.190 e. The highest BCUT2D eigenvalue weighted by Crippen LogP contribution is 2.44. The minimum Gasteiger partial charge on any atom is -0.342 e. The Morgan fingerprint density at radius 3 is 2.16 bits per heavy atom. The molecule has 3 rings (SSSR count). The SMILES string of the molecule is C=C=CC1OC2OC(C)(C)OC2[C@@H]2OC(C)(C)O[C@H]12. The molecule has 106 valence electrons. The van der Waals surface area contributed by atoms with Gasteiger partial charge >= 0.3 is 0 Å². The summed E-state index contributed by atoms with van der Waals surface area (Å²) >= 11 is 0. The Labute approximate surface area is 113 Å². The predicted molar refractivity (Wildman–Crippen MR) is 66.2 cm³/mol. The Morgan fingerprint density at radius 1 is 0.895 bits per heavy atom. The van der Waals surface area contributed by atoms with Gasteiger partial charge in [0.05, 0.1) is 0 Å². The van der Waals surface area contributed by atoms with E-state index in [1.807, 2.05) is 27.7 Å². The van der Waals surface area contributed by atoms with E-state index < -0.39 is 17.9 Å². The van der Waals surface area contributed by atoms with Crippen LogP contribution in [0.5, 0.6) is 0 Å². The van der Waals surface area contributed by atoms with Gasteiger partial charge in [0.15, 0.2) is 17.9 Å². The maximum atomic E-state index is 5.96. The summed E-state index contributed by atoms with van der Waals surface area (Å²) in [5, 5.41) is 0. The van der Waals surface area contributed by atoms with E-state index in [0.717, 1.165) is 0 Å². The monoisotopic (exact) mass is 268 g/mol. The lowest BCUT2D eigenvalue weighted by atomic mass is 9.99. The van der Waals surface area contributed by atoms with Gasteiger partial charge in [0, 0.05) is 0 Å². The molecule has 0 aromatic heterocycles. The van der Waals surface area contributed by atoms with E-state index in [9.17, 15) is 0 Å². The third-order valence-electron chi connectivity index (χ3n) is 3.47. The summed E-state index contributed by atoms with van der Waals surface area (Å²) in [6, 6.07) is 0. The number of fused-ring (bicyclic) bond motifs is 3. The van der Waals surface area contributed by atoms with Crippen LogP contribution in [0.15, 0.2) is 18.4 Å². The first-order chi connectivity index (χ1) is 8.81. The molecule has 0 aromatic carbocycles. The van der Waals surface area contributed by atoms with Crippen molar-refractivity contribution in [3.8, 4) is 0 Å². The zero-order valence-corrected chi connectivity index (χ0v) is 11.7. The Morgan fingerprint density at radius 2 is 1.47 bits per heavy atom. The van der Waals surface area contributed by atoms with Gasteiger partial charge in [-0.1, -0.05) is 6.58 Å². The van der Waals surface area contributed by atoms with Gasteiger partial charge in [-0.05, 0) is 33.8 Å². The summed E-state index contributed by atoms with van der Waals surface area (Å²) in [5.41, 5.74) is 2.75. The second-order valence-electron chi connectivity index (χ2n) is 6.00. The van der Waals surface area contributed by atoms with E-state index in [0.29, 0.717) is 0 Å². The van der Waals surface area contributed by atoms with Crippen molar-refractivity contribution < 1.29 is 23.7 Å². The van der Waals surface area contributed by atoms with Crippen LogP contribution in [0.1, 0.15) is 27.7 Å². The molecule has 19 heavy (non-hydrogen) atoms. The average molecular weight is 268 g/mol. The maximum absolute atomic E-state index is 5.96. The number of hydrogen-bond acceptors (Lipinski definition) is 5. The van der Waals surface area contributed by atoms with Gasteiger partial charge in [-0.2, -0.15) is 0 Å². The molecule has 0 amide bonds. The van der Waals surface area contributed by atoms with E-state index in [1.165, 1.54) is 0 Å². The number of hydrogen-bond donors (Lipinski definition) is 0. The lowest BCUT2D eigenvalue weighted by Gasteiger charge is -2.35. The number of ether oxygens (including phenoxy) is 5. The molecule has 3 saturated heterocycles. The lowest BCUT2D eigenvalue weighted by molar-refractivity contribution is -0.222. The van der Waals surface area contributed by atoms with Crippen LogP contribution in [-0.2, 0) is 23.7 Å². The van der Waals surface area contributed by atoms with Gasteiger partial charge < -0.3 is 23.7 Å². The quantitative estimate of drug-likeness (QED) is 0.678. The summed E-state index contributed by atoms with van der Waals surface area (Å²) in [6.07, 6.45) is 0.267. The molecule has 3 unspecified atom stereocenters. The summed E-state index contributed by atoms with van der Waals surface area (Å²) in [5.74, 6) is -1.33. The first-order valence-corrected chi connectivity index (χ1v) is 6.54. The second kappa shape index (κ2) is 4.16. The van der Waals surface area contributed by atoms with Crippen molar-refractivity contribution in [3.63, 3.8) is 0 Å². The molecular formula is C14H20O5. The average Bonchev–Trinajstić information content (AvgIpc) is 2.74. The molecule has 0 N–H and O–H groups in total. The predicted octanol–water partition coefficient (Wildman–Crippen LogP) is 1.72. The molecule has 0 aliphatic carbocycles. The summed E-state index contributed by atoms with van der Waals surface area (Å²) < 4.78 is 29.4. The topological polar surface area (TPSA) is 46.2 Å². The summed E-state index contributed by atoms with van der Waals surface area (Å²) in [7, 11) is 0. The Balaban J connectivity index is 1.90. The zero-order valence-electron chi connectivity index (χ0n) is 11.7. The van der Waals surface area contributed by atoms with Gasteiger partial charge in [-0.15, -0.1) is 5.73 Å². The molecule has 0 aromatic rings. The molecule has 3 aliphatic heterocycles. The molecule has 5 nitrogen and oxygen atoms in total.